The van der Waals surface area contributed by atoms with E-state index in [-0.39, 0.29) is 23.8 Å². The molecule has 3 fully saturated rings. The van der Waals surface area contributed by atoms with E-state index < -0.39 is 6.04 Å². The van der Waals surface area contributed by atoms with Crippen LogP contribution in [0.25, 0.3) is 10.8 Å². The number of hydrazine groups is 1. The summed E-state index contributed by atoms with van der Waals surface area (Å²) >= 11 is 0. The van der Waals surface area contributed by atoms with Crippen LogP contribution in [0.4, 0.5) is 5.69 Å². The van der Waals surface area contributed by atoms with E-state index in [4.69, 9.17) is 0 Å². The van der Waals surface area contributed by atoms with Crippen LogP contribution in [-0.4, -0.2) is 41.0 Å². The highest BCUT2D eigenvalue weighted by Gasteiger charge is 2.62. The number of rotatable bonds is 2. The normalized spacial score (nSPS) is 27.0. The lowest BCUT2D eigenvalue weighted by molar-refractivity contribution is -0.126. The van der Waals surface area contributed by atoms with Crippen LogP contribution in [0.1, 0.15) is 18.0 Å². The van der Waals surface area contributed by atoms with Crippen LogP contribution >= 0.6 is 0 Å². The molecule has 0 N–H and O–H groups in total. The van der Waals surface area contributed by atoms with Gasteiger partial charge < -0.3 is 0 Å². The van der Waals surface area contributed by atoms with Crippen molar-refractivity contribution >= 4 is 28.3 Å². The van der Waals surface area contributed by atoms with Gasteiger partial charge in [-0.2, -0.15) is 0 Å². The van der Waals surface area contributed by atoms with E-state index in [1.54, 1.807) is 0 Å². The Morgan fingerprint density at radius 3 is 2.21 bits per heavy atom. The third-order valence-corrected chi connectivity index (χ3v) is 6.55. The lowest BCUT2D eigenvalue weighted by Crippen LogP contribution is -2.44. The predicted octanol–water partition coefficient (Wildman–Crippen LogP) is 3.38. The summed E-state index contributed by atoms with van der Waals surface area (Å²) in [7, 11) is 0. The van der Waals surface area contributed by atoms with Crippen molar-refractivity contribution in [3.63, 3.8) is 0 Å². The molecule has 2 amide bonds. The van der Waals surface area contributed by atoms with E-state index in [1.165, 1.54) is 4.90 Å². The second kappa shape index (κ2) is 6.24. The highest BCUT2D eigenvalue weighted by Crippen LogP contribution is 2.49. The number of imide groups is 1. The average Bonchev–Trinajstić information content (AvgIpc) is 3.40. The van der Waals surface area contributed by atoms with Gasteiger partial charge in [0.1, 0.15) is 6.04 Å². The first kappa shape index (κ1) is 16.9. The number of anilines is 1. The van der Waals surface area contributed by atoms with Crippen LogP contribution in [0.5, 0.6) is 0 Å². The Morgan fingerprint density at radius 2 is 1.38 bits per heavy atom. The third-order valence-electron chi connectivity index (χ3n) is 6.55. The highest BCUT2D eigenvalue weighted by molar-refractivity contribution is 6.26. The zero-order valence-electron chi connectivity index (χ0n) is 15.9. The van der Waals surface area contributed by atoms with Crippen molar-refractivity contribution in [1.82, 2.24) is 10.0 Å². The average molecular weight is 383 g/mol. The predicted molar refractivity (Wildman–Crippen MR) is 111 cm³/mol. The van der Waals surface area contributed by atoms with Crippen LogP contribution in [0, 0.1) is 5.92 Å². The summed E-state index contributed by atoms with van der Waals surface area (Å²) in [6.07, 6.45) is 1.02. The molecule has 0 bridgehead atoms. The number of amides is 2. The molecule has 3 aromatic carbocycles. The number of benzene rings is 3. The quantitative estimate of drug-likeness (QED) is 0.637. The number of nitrogens with zero attached hydrogens (tertiary/aromatic N) is 3. The van der Waals surface area contributed by atoms with Crippen molar-refractivity contribution in [3.8, 4) is 0 Å². The first-order valence-corrected chi connectivity index (χ1v) is 10.2. The highest BCUT2D eigenvalue weighted by atomic mass is 16.2. The second-order valence-electron chi connectivity index (χ2n) is 8.02. The summed E-state index contributed by atoms with van der Waals surface area (Å²) in [5.41, 5.74) is 1.80. The van der Waals surface area contributed by atoms with Gasteiger partial charge in [0, 0.05) is 18.5 Å². The molecular formula is C24H21N3O2. The van der Waals surface area contributed by atoms with Gasteiger partial charge in [-0.3, -0.25) is 9.59 Å². The molecule has 0 radical (unpaired) electrons. The summed E-state index contributed by atoms with van der Waals surface area (Å²) in [6, 6.07) is 23.4. The van der Waals surface area contributed by atoms with Crippen LogP contribution in [0.15, 0.2) is 72.8 Å². The molecule has 3 aliphatic rings. The molecular weight excluding hydrogens is 362 g/mol. The van der Waals surface area contributed by atoms with Gasteiger partial charge in [-0.05, 0) is 23.4 Å². The largest absolute Gasteiger partial charge is 0.274 e. The maximum absolute atomic E-state index is 13.7. The Labute approximate surface area is 169 Å². The van der Waals surface area contributed by atoms with Crippen molar-refractivity contribution in [1.29, 1.82) is 0 Å². The van der Waals surface area contributed by atoms with Crippen molar-refractivity contribution < 1.29 is 9.59 Å². The fourth-order valence-corrected chi connectivity index (χ4v) is 5.40. The van der Waals surface area contributed by atoms with Crippen molar-refractivity contribution in [3.05, 3.63) is 78.4 Å². The smallest absolute Gasteiger partial charge is 0.253 e. The van der Waals surface area contributed by atoms with Crippen molar-refractivity contribution in [2.24, 2.45) is 5.92 Å². The first-order valence-electron chi connectivity index (χ1n) is 10.2. The molecule has 0 unspecified atom stereocenters. The molecule has 0 aliphatic carbocycles. The van der Waals surface area contributed by atoms with Crippen LogP contribution in [-0.2, 0) is 9.59 Å². The van der Waals surface area contributed by atoms with E-state index in [9.17, 15) is 9.59 Å². The molecule has 144 valence electrons. The minimum atomic E-state index is -0.408. The standard InChI is InChI=1S/C24H21N3O2/c28-23-20-21(17-9-2-1-3-10-17)25-14-7-15-26(25)22(20)24(29)27(23)19-13-6-11-16-8-4-5-12-18(16)19/h1-6,8-13,20-22H,7,14-15H2/t20-,21-,22+/m1/s1. The Kier molecular flexibility index (Phi) is 3.63. The monoisotopic (exact) mass is 383 g/mol. The summed E-state index contributed by atoms with van der Waals surface area (Å²) in [6.45, 7) is 1.72. The van der Waals surface area contributed by atoms with Gasteiger partial charge in [-0.15, -0.1) is 0 Å². The summed E-state index contributed by atoms with van der Waals surface area (Å²) in [4.78, 5) is 28.8. The van der Waals surface area contributed by atoms with E-state index in [0.717, 1.165) is 35.8 Å². The Balaban J connectivity index is 1.49. The fraction of sp³-hybridized carbons (Fsp3) is 0.250. The van der Waals surface area contributed by atoms with Gasteiger partial charge in [-0.25, -0.2) is 14.9 Å². The van der Waals surface area contributed by atoms with Crippen molar-refractivity contribution in [2.45, 2.75) is 18.5 Å². The van der Waals surface area contributed by atoms with E-state index in [1.807, 2.05) is 60.7 Å². The SMILES string of the molecule is O=C1[C@H]2[C@@H](C(=O)N1c1cccc3ccccc13)N1CCCN1[C@@H]2c1ccccc1. The van der Waals surface area contributed by atoms with Gasteiger partial charge >= 0.3 is 0 Å². The Bertz CT molecular complexity index is 1120. The van der Waals surface area contributed by atoms with E-state index >= 15 is 0 Å². The molecule has 3 aliphatic heterocycles. The Hall–Kier alpha value is -3.02. The molecule has 5 nitrogen and oxygen atoms in total. The Morgan fingerprint density at radius 1 is 0.690 bits per heavy atom. The van der Waals surface area contributed by atoms with E-state index in [0.29, 0.717) is 5.69 Å². The fourth-order valence-electron chi connectivity index (χ4n) is 5.40. The molecule has 6 rings (SSSR count). The molecule has 0 spiro atoms. The van der Waals surface area contributed by atoms with Gasteiger partial charge in [-0.1, -0.05) is 66.7 Å². The number of carbonyl (C=O) groups excluding carboxylic acids is 2. The van der Waals surface area contributed by atoms with Crippen LogP contribution in [0.2, 0.25) is 0 Å². The van der Waals surface area contributed by atoms with Crippen LogP contribution < -0.4 is 4.90 Å². The molecule has 3 saturated heterocycles. The number of hydrogen-bond donors (Lipinski definition) is 0. The first-order chi connectivity index (χ1) is 14.3. The molecule has 3 aromatic rings. The molecule has 0 aromatic heterocycles. The van der Waals surface area contributed by atoms with Crippen LogP contribution in [0.3, 0.4) is 0 Å². The lowest BCUT2D eigenvalue weighted by atomic mass is 9.90. The zero-order chi connectivity index (χ0) is 19.5. The molecule has 5 heteroatoms. The summed E-state index contributed by atoms with van der Waals surface area (Å²) in [5.74, 6) is -0.551. The van der Waals surface area contributed by atoms with E-state index in [2.05, 4.69) is 22.2 Å². The number of hydrogen-bond acceptors (Lipinski definition) is 4. The van der Waals surface area contributed by atoms with Gasteiger partial charge in [0.05, 0.1) is 17.6 Å². The minimum absolute atomic E-state index is 0.0832. The maximum atomic E-state index is 13.7. The summed E-state index contributed by atoms with van der Waals surface area (Å²) in [5, 5.41) is 6.37. The number of fused-ring (bicyclic) bond motifs is 4. The lowest BCUT2D eigenvalue weighted by Gasteiger charge is -2.30. The van der Waals surface area contributed by atoms with Gasteiger partial charge in [0.2, 0.25) is 5.91 Å². The van der Waals surface area contributed by atoms with Gasteiger partial charge in [0.15, 0.2) is 0 Å². The second-order valence-corrected chi connectivity index (χ2v) is 8.02. The zero-order valence-corrected chi connectivity index (χ0v) is 15.9. The number of carbonyl (C=O) groups is 2. The maximum Gasteiger partial charge on any atom is 0.253 e. The molecule has 3 atom stereocenters. The van der Waals surface area contributed by atoms with Gasteiger partial charge in [0.25, 0.3) is 5.91 Å². The topological polar surface area (TPSA) is 43.9 Å². The minimum Gasteiger partial charge on any atom is -0.274 e. The third kappa shape index (κ3) is 2.29. The molecule has 0 saturated carbocycles. The molecule has 29 heavy (non-hydrogen) atoms. The molecule has 3 heterocycles. The van der Waals surface area contributed by atoms with Crippen molar-refractivity contribution in [2.75, 3.05) is 18.0 Å². The summed E-state index contributed by atoms with van der Waals surface area (Å²) < 4.78 is 0.